The van der Waals surface area contributed by atoms with Gasteiger partial charge < -0.3 is 15.4 Å². The van der Waals surface area contributed by atoms with Crippen molar-refractivity contribution in [2.75, 3.05) is 18.5 Å². The first-order valence-electron chi connectivity index (χ1n) is 8.15. The van der Waals surface area contributed by atoms with E-state index in [1.807, 2.05) is 6.92 Å². The van der Waals surface area contributed by atoms with E-state index in [2.05, 4.69) is 10.6 Å². The molecular formula is C19H21FN2O3. The van der Waals surface area contributed by atoms with Crippen molar-refractivity contribution >= 4 is 17.5 Å². The molecule has 2 amide bonds. The molecule has 0 unspecified atom stereocenters. The standard InChI is InChI=1S/C19H21FN2O3/c1-2-3-12-21-19(24)16-6-4-5-7-17(16)22-18(23)13-25-15-10-8-14(20)9-11-15/h4-11H,2-3,12-13H2,1H3,(H,21,24)(H,22,23). The van der Waals surface area contributed by atoms with Crippen LogP contribution in [-0.4, -0.2) is 25.0 Å². The van der Waals surface area contributed by atoms with Crippen molar-refractivity contribution in [2.24, 2.45) is 0 Å². The van der Waals surface area contributed by atoms with Crippen LogP contribution in [-0.2, 0) is 4.79 Å². The maximum atomic E-state index is 12.8. The summed E-state index contributed by atoms with van der Waals surface area (Å²) >= 11 is 0. The number of halogens is 1. The van der Waals surface area contributed by atoms with Crippen LogP contribution < -0.4 is 15.4 Å². The molecule has 0 aromatic heterocycles. The Labute approximate surface area is 146 Å². The van der Waals surface area contributed by atoms with Crippen molar-refractivity contribution in [1.29, 1.82) is 0 Å². The van der Waals surface area contributed by atoms with Gasteiger partial charge in [0.2, 0.25) is 0 Å². The van der Waals surface area contributed by atoms with Gasteiger partial charge in [0, 0.05) is 6.54 Å². The number of hydrogen-bond donors (Lipinski definition) is 2. The zero-order valence-corrected chi connectivity index (χ0v) is 14.0. The molecule has 2 aromatic carbocycles. The summed E-state index contributed by atoms with van der Waals surface area (Å²) in [6.45, 7) is 2.39. The Kier molecular flexibility index (Phi) is 6.95. The summed E-state index contributed by atoms with van der Waals surface area (Å²) in [5, 5.41) is 5.48. The number of rotatable bonds is 8. The fourth-order valence-corrected chi connectivity index (χ4v) is 2.13. The molecule has 2 N–H and O–H groups in total. The molecule has 0 bridgehead atoms. The van der Waals surface area contributed by atoms with Gasteiger partial charge in [-0.05, 0) is 42.8 Å². The third-order valence-corrected chi connectivity index (χ3v) is 3.45. The van der Waals surface area contributed by atoms with E-state index in [4.69, 9.17) is 4.74 Å². The first-order valence-corrected chi connectivity index (χ1v) is 8.15. The number of para-hydroxylation sites is 1. The van der Waals surface area contributed by atoms with Gasteiger partial charge in [0.15, 0.2) is 6.61 Å². The monoisotopic (exact) mass is 344 g/mol. The van der Waals surface area contributed by atoms with Crippen molar-refractivity contribution in [1.82, 2.24) is 5.32 Å². The highest BCUT2D eigenvalue weighted by molar-refractivity contribution is 6.04. The van der Waals surface area contributed by atoms with Crippen molar-refractivity contribution in [3.05, 3.63) is 59.9 Å². The molecule has 0 saturated carbocycles. The topological polar surface area (TPSA) is 67.4 Å². The second kappa shape index (κ2) is 9.42. The summed E-state index contributed by atoms with van der Waals surface area (Å²) in [6, 6.07) is 12.2. The van der Waals surface area contributed by atoms with Gasteiger partial charge in [-0.1, -0.05) is 25.5 Å². The number of carbonyl (C=O) groups is 2. The average molecular weight is 344 g/mol. The predicted octanol–water partition coefficient (Wildman–Crippen LogP) is 3.37. The lowest BCUT2D eigenvalue weighted by molar-refractivity contribution is -0.118. The van der Waals surface area contributed by atoms with Crippen LogP contribution in [0.25, 0.3) is 0 Å². The Morgan fingerprint density at radius 3 is 2.52 bits per heavy atom. The van der Waals surface area contributed by atoms with Crippen LogP contribution in [0.5, 0.6) is 5.75 Å². The highest BCUT2D eigenvalue weighted by Gasteiger charge is 2.13. The third kappa shape index (κ3) is 5.91. The number of hydrogen-bond acceptors (Lipinski definition) is 3. The Morgan fingerprint density at radius 1 is 1.08 bits per heavy atom. The quantitative estimate of drug-likeness (QED) is 0.722. The lowest BCUT2D eigenvalue weighted by Crippen LogP contribution is -2.27. The molecule has 0 aliphatic carbocycles. The van der Waals surface area contributed by atoms with Crippen LogP contribution >= 0.6 is 0 Å². The Balaban J connectivity index is 1.93. The maximum Gasteiger partial charge on any atom is 0.262 e. The number of unbranched alkanes of at least 4 members (excludes halogenated alkanes) is 1. The molecule has 0 heterocycles. The molecule has 0 aliphatic heterocycles. The zero-order valence-electron chi connectivity index (χ0n) is 14.0. The predicted molar refractivity (Wildman–Crippen MR) is 94.2 cm³/mol. The second-order valence-corrected chi connectivity index (χ2v) is 5.45. The molecule has 0 spiro atoms. The highest BCUT2D eigenvalue weighted by atomic mass is 19.1. The largest absolute Gasteiger partial charge is 0.484 e. The number of benzene rings is 2. The molecule has 2 rings (SSSR count). The number of ether oxygens (including phenoxy) is 1. The first-order chi connectivity index (χ1) is 12.1. The summed E-state index contributed by atoms with van der Waals surface area (Å²) in [4.78, 5) is 24.2. The normalized spacial score (nSPS) is 10.2. The van der Waals surface area contributed by atoms with E-state index in [1.165, 1.54) is 24.3 Å². The van der Waals surface area contributed by atoms with E-state index >= 15 is 0 Å². The van der Waals surface area contributed by atoms with Crippen LogP contribution in [0.15, 0.2) is 48.5 Å². The average Bonchev–Trinajstić information content (AvgIpc) is 2.62. The van der Waals surface area contributed by atoms with Gasteiger partial charge in [-0.25, -0.2) is 4.39 Å². The van der Waals surface area contributed by atoms with Gasteiger partial charge in [-0.15, -0.1) is 0 Å². The lowest BCUT2D eigenvalue weighted by Gasteiger charge is -2.12. The van der Waals surface area contributed by atoms with E-state index in [1.54, 1.807) is 24.3 Å². The summed E-state index contributed by atoms with van der Waals surface area (Å²) in [7, 11) is 0. The summed E-state index contributed by atoms with van der Waals surface area (Å²) in [6.07, 6.45) is 1.88. The maximum absolute atomic E-state index is 12.8. The number of amides is 2. The molecule has 0 atom stereocenters. The van der Waals surface area contributed by atoms with E-state index in [0.29, 0.717) is 23.5 Å². The molecule has 0 fully saturated rings. The lowest BCUT2D eigenvalue weighted by atomic mass is 10.1. The SMILES string of the molecule is CCCCNC(=O)c1ccccc1NC(=O)COc1ccc(F)cc1. The van der Waals surface area contributed by atoms with Gasteiger partial charge >= 0.3 is 0 Å². The van der Waals surface area contributed by atoms with E-state index in [-0.39, 0.29) is 18.3 Å². The smallest absolute Gasteiger partial charge is 0.262 e. The molecule has 0 saturated heterocycles. The van der Waals surface area contributed by atoms with E-state index in [0.717, 1.165) is 12.8 Å². The summed E-state index contributed by atoms with van der Waals surface area (Å²) in [5.41, 5.74) is 0.818. The fourth-order valence-electron chi connectivity index (χ4n) is 2.13. The molecular weight excluding hydrogens is 323 g/mol. The van der Waals surface area contributed by atoms with Gasteiger partial charge in [0.25, 0.3) is 11.8 Å². The number of carbonyl (C=O) groups excluding carboxylic acids is 2. The van der Waals surface area contributed by atoms with Crippen molar-refractivity contribution in [3.8, 4) is 5.75 Å². The van der Waals surface area contributed by atoms with Crippen LogP contribution in [0.2, 0.25) is 0 Å². The molecule has 0 radical (unpaired) electrons. The van der Waals surface area contributed by atoms with Gasteiger partial charge in [0.05, 0.1) is 11.3 Å². The molecule has 0 aliphatic rings. The van der Waals surface area contributed by atoms with Gasteiger partial charge in [-0.2, -0.15) is 0 Å². The van der Waals surface area contributed by atoms with Crippen LogP contribution in [0.3, 0.4) is 0 Å². The van der Waals surface area contributed by atoms with Crippen LogP contribution in [0.1, 0.15) is 30.1 Å². The molecule has 5 nitrogen and oxygen atoms in total. The van der Waals surface area contributed by atoms with Crippen LogP contribution in [0, 0.1) is 5.82 Å². The molecule has 6 heteroatoms. The van der Waals surface area contributed by atoms with Crippen LogP contribution in [0.4, 0.5) is 10.1 Å². The minimum atomic E-state index is -0.405. The second-order valence-electron chi connectivity index (χ2n) is 5.45. The van der Waals surface area contributed by atoms with E-state index in [9.17, 15) is 14.0 Å². The third-order valence-electron chi connectivity index (χ3n) is 3.45. The Bertz CT molecular complexity index is 717. The van der Waals surface area contributed by atoms with E-state index < -0.39 is 5.91 Å². The minimum absolute atomic E-state index is 0.233. The van der Waals surface area contributed by atoms with Crippen molar-refractivity contribution in [2.45, 2.75) is 19.8 Å². The molecule has 25 heavy (non-hydrogen) atoms. The number of anilines is 1. The zero-order chi connectivity index (χ0) is 18.1. The summed E-state index contributed by atoms with van der Waals surface area (Å²) in [5.74, 6) is -0.621. The highest BCUT2D eigenvalue weighted by Crippen LogP contribution is 2.15. The summed E-state index contributed by atoms with van der Waals surface area (Å²) < 4.78 is 18.1. The first kappa shape index (κ1) is 18.4. The van der Waals surface area contributed by atoms with Gasteiger partial charge in [-0.3, -0.25) is 9.59 Å². The fraction of sp³-hybridized carbons (Fsp3) is 0.263. The Hall–Kier alpha value is -2.89. The van der Waals surface area contributed by atoms with Gasteiger partial charge in [0.1, 0.15) is 11.6 Å². The molecule has 2 aromatic rings. The van der Waals surface area contributed by atoms with Crippen molar-refractivity contribution in [3.63, 3.8) is 0 Å². The molecule has 132 valence electrons. The Morgan fingerprint density at radius 2 is 1.80 bits per heavy atom. The number of nitrogens with one attached hydrogen (secondary N) is 2. The minimum Gasteiger partial charge on any atom is -0.484 e. The van der Waals surface area contributed by atoms with Crippen molar-refractivity contribution < 1.29 is 18.7 Å².